The molecule has 0 amide bonds. The van der Waals surface area contributed by atoms with Crippen molar-refractivity contribution >= 4 is 5.95 Å². The maximum atomic E-state index is 4.66. The van der Waals surface area contributed by atoms with Crippen LogP contribution in [-0.2, 0) is 13.5 Å². The number of aromatic nitrogens is 3. The highest BCUT2D eigenvalue weighted by Crippen LogP contribution is 2.30. The molecule has 1 aliphatic rings. The van der Waals surface area contributed by atoms with Gasteiger partial charge in [0.05, 0.1) is 0 Å². The van der Waals surface area contributed by atoms with Gasteiger partial charge in [-0.3, -0.25) is 0 Å². The molecule has 4 heteroatoms. The number of benzene rings is 1. The van der Waals surface area contributed by atoms with E-state index in [4.69, 9.17) is 0 Å². The zero-order valence-electron chi connectivity index (χ0n) is 19.5. The molecule has 0 spiro atoms. The van der Waals surface area contributed by atoms with E-state index in [2.05, 4.69) is 89.6 Å². The lowest BCUT2D eigenvalue weighted by Crippen LogP contribution is -2.35. The third kappa shape index (κ3) is 6.43. The van der Waals surface area contributed by atoms with Crippen LogP contribution >= 0.6 is 0 Å². The molecule has 0 bridgehead atoms. The van der Waals surface area contributed by atoms with Crippen molar-refractivity contribution in [2.45, 2.75) is 58.3 Å². The van der Waals surface area contributed by atoms with Gasteiger partial charge < -0.3 is 9.47 Å². The number of hydrogen-bond acceptors (Lipinski definition) is 3. The zero-order valence-corrected chi connectivity index (χ0v) is 19.5. The average molecular weight is 419 g/mol. The maximum absolute atomic E-state index is 4.66. The molecule has 1 atom stereocenters. The monoisotopic (exact) mass is 418 g/mol. The molecular weight excluding hydrogens is 380 g/mol. The summed E-state index contributed by atoms with van der Waals surface area (Å²) in [5, 5.41) is 9.29. The lowest BCUT2D eigenvalue weighted by atomic mass is 9.90. The molecule has 166 valence electrons. The van der Waals surface area contributed by atoms with Crippen molar-refractivity contribution in [2.24, 2.45) is 13.0 Å². The molecule has 0 saturated carbocycles. The van der Waals surface area contributed by atoms with Crippen molar-refractivity contribution in [3.8, 4) is 0 Å². The summed E-state index contributed by atoms with van der Waals surface area (Å²) in [7, 11) is 2.14. The van der Waals surface area contributed by atoms with Crippen LogP contribution in [0.2, 0.25) is 0 Å². The van der Waals surface area contributed by atoms with Crippen LogP contribution in [0.1, 0.15) is 63.3 Å². The molecule has 0 radical (unpaired) electrons. The molecule has 1 unspecified atom stereocenters. The molecule has 3 rings (SSSR count). The Labute approximate surface area is 188 Å². The van der Waals surface area contributed by atoms with Gasteiger partial charge in [0, 0.05) is 26.1 Å². The fourth-order valence-electron chi connectivity index (χ4n) is 4.69. The predicted molar refractivity (Wildman–Crippen MR) is 131 cm³/mol. The number of anilines is 1. The number of rotatable bonds is 10. The Kier molecular flexibility index (Phi) is 8.69. The first-order valence-corrected chi connectivity index (χ1v) is 11.7. The van der Waals surface area contributed by atoms with Crippen LogP contribution in [0.15, 0.2) is 66.8 Å². The van der Waals surface area contributed by atoms with Gasteiger partial charge in [-0.15, -0.1) is 10.2 Å². The smallest absolute Gasteiger partial charge is 0.226 e. The highest BCUT2D eigenvalue weighted by molar-refractivity contribution is 5.33. The van der Waals surface area contributed by atoms with Crippen LogP contribution in [0.25, 0.3) is 0 Å². The van der Waals surface area contributed by atoms with E-state index in [1.54, 1.807) is 0 Å². The number of allylic oxidation sites excluding steroid dienone is 5. The molecule has 1 aromatic carbocycles. The normalized spacial score (nSPS) is 16.7. The summed E-state index contributed by atoms with van der Waals surface area (Å²) in [5.41, 5.74) is 2.82. The average Bonchev–Trinajstić information content (AvgIpc) is 3.16. The highest BCUT2D eigenvalue weighted by atomic mass is 15.4. The van der Waals surface area contributed by atoms with Crippen LogP contribution in [-0.4, -0.2) is 27.9 Å². The van der Waals surface area contributed by atoms with E-state index in [0.29, 0.717) is 5.92 Å². The molecule has 31 heavy (non-hydrogen) atoms. The topological polar surface area (TPSA) is 34.0 Å². The summed E-state index contributed by atoms with van der Waals surface area (Å²) in [6.45, 7) is 10.3. The van der Waals surface area contributed by atoms with Gasteiger partial charge in [-0.25, -0.2) is 0 Å². The summed E-state index contributed by atoms with van der Waals surface area (Å²) < 4.78 is 2.24. The van der Waals surface area contributed by atoms with Gasteiger partial charge in [0.1, 0.15) is 5.82 Å². The van der Waals surface area contributed by atoms with E-state index in [-0.39, 0.29) is 0 Å². The Morgan fingerprint density at radius 3 is 2.58 bits per heavy atom. The van der Waals surface area contributed by atoms with Gasteiger partial charge in [0.25, 0.3) is 0 Å². The third-order valence-corrected chi connectivity index (χ3v) is 6.35. The largest absolute Gasteiger partial charge is 0.341 e. The van der Waals surface area contributed by atoms with Gasteiger partial charge in [0.15, 0.2) is 0 Å². The number of nitrogens with zero attached hydrogens (tertiary/aromatic N) is 4. The van der Waals surface area contributed by atoms with Crippen molar-refractivity contribution in [1.82, 2.24) is 14.8 Å². The second-order valence-electron chi connectivity index (χ2n) is 8.86. The minimum Gasteiger partial charge on any atom is -0.341 e. The van der Waals surface area contributed by atoms with E-state index in [9.17, 15) is 0 Å². The fraction of sp³-hybridized carbons (Fsp3) is 0.481. The van der Waals surface area contributed by atoms with Crippen molar-refractivity contribution in [1.29, 1.82) is 0 Å². The van der Waals surface area contributed by atoms with Crippen molar-refractivity contribution in [3.63, 3.8) is 0 Å². The van der Waals surface area contributed by atoms with E-state index >= 15 is 0 Å². The van der Waals surface area contributed by atoms with Crippen LogP contribution in [0.4, 0.5) is 5.95 Å². The Balaban J connectivity index is 1.62. The standard InChI is InChI=1S/C27H38N4/c1-5-7-9-13-22(3)20-24-16-18-31(19-17-24)27-29-28-26(30(27)4)25(12-6-2)21-23-14-10-8-11-15-23/h5,7-11,13-15,24-25H,1,6,12,16-21H2,2-4H3/b9-7-,22-13+. The molecule has 2 aromatic rings. The van der Waals surface area contributed by atoms with Crippen LogP contribution in [0.5, 0.6) is 0 Å². The van der Waals surface area contributed by atoms with Crippen molar-refractivity contribution in [3.05, 3.63) is 78.2 Å². The number of hydrogen-bond donors (Lipinski definition) is 0. The van der Waals surface area contributed by atoms with Gasteiger partial charge >= 0.3 is 0 Å². The molecule has 2 heterocycles. The molecule has 4 nitrogen and oxygen atoms in total. The minimum absolute atomic E-state index is 0.410. The first kappa shape index (κ1) is 23.1. The van der Waals surface area contributed by atoms with Crippen LogP contribution in [0, 0.1) is 5.92 Å². The molecule has 1 saturated heterocycles. The highest BCUT2D eigenvalue weighted by Gasteiger charge is 2.25. The molecule has 0 aliphatic carbocycles. The first-order valence-electron chi connectivity index (χ1n) is 11.7. The van der Waals surface area contributed by atoms with E-state index in [1.165, 1.54) is 30.4 Å². The van der Waals surface area contributed by atoms with Gasteiger partial charge in [-0.2, -0.15) is 0 Å². The second kappa shape index (κ2) is 11.7. The summed E-state index contributed by atoms with van der Waals surface area (Å²) >= 11 is 0. The fourth-order valence-corrected chi connectivity index (χ4v) is 4.69. The van der Waals surface area contributed by atoms with E-state index in [1.807, 2.05) is 12.2 Å². The van der Waals surface area contributed by atoms with Gasteiger partial charge in [0.2, 0.25) is 5.95 Å². The molecule has 1 aliphatic heterocycles. The van der Waals surface area contributed by atoms with Gasteiger partial charge in [-0.05, 0) is 50.5 Å². The maximum Gasteiger partial charge on any atom is 0.226 e. The number of piperidine rings is 1. The van der Waals surface area contributed by atoms with Gasteiger partial charge in [-0.1, -0.05) is 80.1 Å². The summed E-state index contributed by atoms with van der Waals surface area (Å²) in [5.74, 6) is 3.32. The predicted octanol–water partition coefficient (Wildman–Crippen LogP) is 6.24. The van der Waals surface area contributed by atoms with E-state index < -0.39 is 0 Å². The second-order valence-corrected chi connectivity index (χ2v) is 8.86. The van der Waals surface area contributed by atoms with Crippen molar-refractivity contribution < 1.29 is 0 Å². The molecule has 1 fully saturated rings. The molecule has 1 aromatic heterocycles. The first-order chi connectivity index (χ1) is 15.1. The van der Waals surface area contributed by atoms with Crippen molar-refractivity contribution in [2.75, 3.05) is 18.0 Å². The SMILES string of the molecule is C=C/C=C\C=C(/C)CC1CCN(c2nnc(C(CCC)Cc3ccccc3)n2C)CC1. The Bertz CT molecular complexity index is 870. The van der Waals surface area contributed by atoms with E-state index in [0.717, 1.165) is 50.0 Å². The summed E-state index contributed by atoms with van der Waals surface area (Å²) in [4.78, 5) is 2.43. The Morgan fingerprint density at radius 1 is 1.16 bits per heavy atom. The molecular formula is C27H38N4. The summed E-state index contributed by atoms with van der Waals surface area (Å²) in [6.07, 6.45) is 15.0. The van der Waals surface area contributed by atoms with Crippen LogP contribution < -0.4 is 4.90 Å². The summed E-state index contributed by atoms with van der Waals surface area (Å²) in [6, 6.07) is 10.8. The Hall–Kier alpha value is -2.62. The lowest BCUT2D eigenvalue weighted by molar-refractivity contribution is 0.397. The lowest BCUT2D eigenvalue weighted by Gasteiger charge is -2.32. The quantitative estimate of drug-likeness (QED) is 0.429. The third-order valence-electron chi connectivity index (χ3n) is 6.35. The Morgan fingerprint density at radius 2 is 1.90 bits per heavy atom. The zero-order chi connectivity index (χ0) is 22.1. The molecule has 0 N–H and O–H groups in total. The van der Waals surface area contributed by atoms with Crippen LogP contribution in [0.3, 0.4) is 0 Å². The minimum atomic E-state index is 0.410.